The van der Waals surface area contributed by atoms with Gasteiger partial charge in [0.05, 0.1) is 6.04 Å². The molecule has 2 aromatic rings. The summed E-state index contributed by atoms with van der Waals surface area (Å²) in [6, 6.07) is 15.7. The van der Waals surface area contributed by atoms with Crippen molar-refractivity contribution in [3.63, 3.8) is 0 Å². The molecule has 0 aromatic heterocycles. The van der Waals surface area contributed by atoms with E-state index in [2.05, 4.69) is 11.5 Å². The Bertz CT molecular complexity index is 539. The SMILES string of the molecule is ONC1CCc2cccc(Oc3ccccc3)c21. The molecule has 1 atom stereocenters. The molecule has 0 bridgehead atoms. The smallest absolute Gasteiger partial charge is 0.132 e. The number of fused-ring (bicyclic) bond motifs is 1. The fraction of sp³-hybridized carbons (Fsp3) is 0.200. The lowest BCUT2D eigenvalue weighted by Gasteiger charge is -2.15. The summed E-state index contributed by atoms with van der Waals surface area (Å²) in [5.41, 5.74) is 4.68. The molecule has 92 valence electrons. The first kappa shape index (κ1) is 11.3. The zero-order valence-corrected chi connectivity index (χ0v) is 9.97. The summed E-state index contributed by atoms with van der Waals surface area (Å²) < 4.78 is 5.90. The minimum absolute atomic E-state index is 0.0279. The van der Waals surface area contributed by atoms with E-state index in [4.69, 9.17) is 4.74 Å². The predicted molar refractivity (Wildman–Crippen MR) is 68.9 cm³/mol. The van der Waals surface area contributed by atoms with Crippen molar-refractivity contribution in [3.05, 3.63) is 59.7 Å². The van der Waals surface area contributed by atoms with Gasteiger partial charge in [-0.3, -0.25) is 0 Å². The average Bonchev–Trinajstić information content (AvgIpc) is 2.84. The number of benzene rings is 2. The Morgan fingerprint density at radius 3 is 2.67 bits per heavy atom. The van der Waals surface area contributed by atoms with Gasteiger partial charge in [-0.05, 0) is 36.6 Å². The molecule has 0 spiro atoms. The highest BCUT2D eigenvalue weighted by Gasteiger charge is 2.25. The molecule has 0 heterocycles. The lowest BCUT2D eigenvalue weighted by molar-refractivity contribution is 0.125. The lowest BCUT2D eigenvalue weighted by Crippen LogP contribution is -2.14. The van der Waals surface area contributed by atoms with E-state index in [0.717, 1.165) is 29.9 Å². The second-order valence-electron chi connectivity index (χ2n) is 4.46. The Labute approximate surface area is 106 Å². The van der Waals surface area contributed by atoms with Crippen LogP contribution in [0.25, 0.3) is 0 Å². The molecular formula is C15H15NO2. The summed E-state index contributed by atoms with van der Waals surface area (Å²) in [5, 5.41) is 9.20. The first-order chi connectivity index (χ1) is 8.88. The van der Waals surface area contributed by atoms with Crippen LogP contribution in [0.15, 0.2) is 48.5 Å². The molecule has 0 saturated heterocycles. The van der Waals surface area contributed by atoms with Gasteiger partial charge in [0.25, 0.3) is 0 Å². The number of hydrogen-bond acceptors (Lipinski definition) is 3. The van der Waals surface area contributed by atoms with E-state index in [1.165, 1.54) is 5.56 Å². The van der Waals surface area contributed by atoms with Gasteiger partial charge in [0, 0.05) is 5.56 Å². The molecule has 2 N–H and O–H groups in total. The van der Waals surface area contributed by atoms with Crippen molar-refractivity contribution in [2.45, 2.75) is 18.9 Å². The van der Waals surface area contributed by atoms with Gasteiger partial charge in [-0.15, -0.1) is 0 Å². The minimum Gasteiger partial charge on any atom is -0.457 e. The number of ether oxygens (including phenoxy) is 1. The van der Waals surface area contributed by atoms with Gasteiger partial charge < -0.3 is 9.94 Å². The molecule has 0 radical (unpaired) electrons. The molecule has 18 heavy (non-hydrogen) atoms. The van der Waals surface area contributed by atoms with E-state index in [0.29, 0.717) is 0 Å². The van der Waals surface area contributed by atoms with E-state index in [-0.39, 0.29) is 6.04 Å². The van der Waals surface area contributed by atoms with Crippen molar-refractivity contribution >= 4 is 0 Å². The summed E-state index contributed by atoms with van der Waals surface area (Å²) in [6.45, 7) is 0. The molecule has 3 rings (SSSR count). The molecule has 3 nitrogen and oxygen atoms in total. The number of rotatable bonds is 3. The highest BCUT2D eigenvalue weighted by atomic mass is 16.5. The van der Waals surface area contributed by atoms with Crippen molar-refractivity contribution in [2.24, 2.45) is 0 Å². The van der Waals surface area contributed by atoms with Crippen LogP contribution in [0.3, 0.4) is 0 Å². The Morgan fingerprint density at radius 2 is 1.89 bits per heavy atom. The number of aryl methyl sites for hydroxylation is 1. The van der Waals surface area contributed by atoms with Crippen LogP contribution in [0.5, 0.6) is 11.5 Å². The molecule has 0 amide bonds. The third-order valence-electron chi connectivity index (χ3n) is 3.33. The van der Waals surface area contributed by atoms with E-state index in [1.807, 2.05) is 42.5 Å². The van der Waals surface area contributed by atoms with Crippen molar-refractivity contribution in [1.29, 1.82) is 0 Å². The predicted octanol–water partition coefficient (Wildman–Crippen LogP) is 3.45. The Hall–Kier alpha value is -1.84. The summed E-state index contributed by atoms with van der Waals surface area (Å²) in [6.07, 6.45) is 1.88. The monoisotopic (exact) mass is 241 g/mol. The van der Waals surface area contributed by atoms with Crippen LogP contribution in [0, 0.1) is 0 Å². The molecule has 3 heteroatoms. The molecule has 0 saturated carbocycles. The first-order valence-electron chi connectivity index (χ1n) is 6.13. The van der Waals surface area contributed by atoms with E-state index in [1.54, 1.807) is 0 Å². The summed E-state index contributed by atoms with van der Waals surface area (Å²) in [7, 11) is 0. The van der Waals surface area contributed by atoms with Crippen LogP contribution in [-0.2, 0) is 6.42 Å². The maximum atomic E-state index is 9.20. The summed E-state index contributed by atoms with van der Waals surface area (Å²) in [4.78, 5) is 0. The molecule has 0 aliphatic heterocycles. The van der Waals surface area contributed by atoms with Gasteiger partial charge in [0.2, 0.25) is 0 Å². The van der Waals surface area contributed by atoms with Crippen LogP contribution in [0.1, 0.15) is 23.6 Å². The number of para-hydroxylation sites is 1. The highest BCUT2D eigenvalue weighted by Crippen LogP contribution is 2.39. The first-order valence-corrected chi connectivity index (χ1v) is 6.13. The lowest BCUT2D eigenvalue weighted by atomic mass is 10.1. The van der Waals surface area contributed by atoms with E-state index < -0.39 is 0 Å². The normalized spacial score (nSPS) is 17.5. The van der Waals surface area contributed by atoms with Gasteiger partial charge >= 0.3 is 0 Å². The van der Waals surface area contributed by atoms with Crippen LogP contribution < -0.4 is 10.2 Å². The fourth-order valence-corrected chi connectivity index (χ4v) is 2.48. The van der Waals surface area contributed by atoms with Crippen LogP contribution in [0.2, 0.25) is 0 Å². The molecule has 1 aliphatic carbocycles. The average molecular weight is 241 g/mol. The van der Waals surface area contributed by atoms with Crippen LogP contribution in [-0.4, -0.2) is 5.21 Å². The zero-order valence-electron chi connectivity index (χ0n) is 9.97. The van der Waals surface area contributed by atoms with Crippen molar-refractivity contribution in [3.8, 4) is 11.5 Å². The van der Waals surface area contributed by atoms with Gasteiger partial charge in [-0.1, -0.05) is 30.3 Å². The standard InChI is InChI=1S/C15H15NO2/c17-16-13-10-9-11-5-4-8-14(15(11)13)18-12-6-2-1-3-7-12/h1-8,13,16-17H,9-10H2. The highest BCUT2D eigenvalue weighted by molar-refractivity contribution is 5.47. The maximum Gasteiger partial charge on any atom is 0.132 e. The van der Waals surface area contributed by atoms with Crippen molar-refractivity contribution in [1.82, 2.24) is 5.48 Å². The summed E-state index contributed by atoms with van der Waals surface area (Å²) >= 11 is 0. The second-order valence-corrected chi connectivity index (χ2v) is 4.46. The number of nitrogens with one attached hydrogen (secondary N) is 1. The minimum atomic E-state index is -0.0279. The van der Waals surface area contributed by atoms with E-state index in [9.17, 15) is 5.21 Å². The van der Waals surface area contributed by atoms with Gasteiger partial charge in [0.15, 0.2) is 0 Å². The molecule has 2 aromatic carbocycles. The second kappa shape index (κ2) is 4.80. The van der Waals surface area contributed by atoms with Crippen LogP contribution >= 0.6 is 0 Å². The fourth-order valence-electron chi connectivity index (χ4n) is 2.48. The number of hydrogen-bond donors (Lipinski definition) is 2. The largest absolute Gasteiger partial charge is 0.457 e. The van der Waals surface area contributed by atoms with Gasteiger partial charge in [-0.25, -0.2) is 0 Å². The maximum absolute atomic E-state index is 9.20. The van der Waals surface area contributed by atoms with Gasteiger partial charge in [0.1, 0.15) is 11.5 Å². The third-order valence-corrected chi connectivity index (χ3v) is 3.33. The number of hydroxylamine groups is 1. The molecular weight excluding hydrogens is 226 g/mol. The third kappa shape index (κ3) is 1.98. The Kier molecular flexibility index (Phi) is 3.00. The molecule has 1 aliphatic rings. The zero-order chi connectivity index (χ0) is 12.4. The van der Waals surface area contributed by atoms with Crippen LogP contribution in [0.4, 0.5) is 0 Å². The molecule has 1 unspecified atom stereocenters. The molecule has 0 fully saturated rings. The van der Waals surface area contributed by atoms with Crippen molar-refractivity contribution in [2.75, 3.05) is 0 Å². The van der Waals surface area contributed by atoms with Gasteiger partial charge in [-0.2, -0.15) is 5.48 Å². The quantitative estimate of drug-likeness (QED) is 0.809. The Morgan fingerprint density at radius 1 is 1.06 bits per heavy atom. The topological polar surface area (TPSA) is 41.5 Å². The van der Waals surface area contributed by atoms with Crippen molar-refractivity contribution < 1.29 is 9.94 Å². The Balaban J connectivity index is 1.96. The van der Waals surface area contributed by atoms with E-state index >= 15 is 0 Å². The summed E-state index contributed by atoms with van der Waals surface area (Å²) in [5.74, 6) is 1.64.